The van der Waals surface area contributed by atoms with Gasteiger partial charge in [0.15, 0.2) is 0 Å². The normalized spacial score (nSPS) is 11.5. The summed E-state index contributed by atoms with van der Waals surface area (Å²) in [5.41, 5.74) is 0.0648. The van der Waals surface area contributed by atoms with Gasteiger partial charge in [0.05, 0.1) is 6.54 Å². The Morgan fingerprint density at radius 2 is 2.12 bits per heavy atom. The van der Waals surface area contributed by atoms with E-state index >= 15 is 0 Å². The van der Waals surface area contributed by atoms with Gasteiger partial charge in [-0.05, 0) is 26.8 Å². The van der Waals surface area contributed by atoms with E-state index in [9.17, 15) is 4.79 Å². The van der Waals surface area contributed by atoms with Crippen molar-refractivity contribution in [2.24, 2.45) is 0 Å². The summed E-state index contributed by atoms with van der Waals surface area (Å²) in [6.45, 7) is 8.30. The first kappa shape index (κ1) is 13.7. The van der Waals surface area contributed by atoms with Crippen LogP contribution in [0.25, 0.3) is 0 Å². The lowest BCUT2D eigenvalue weighted by Gasteiger charge is -2.20. The first-order valence-electron chi connectivity index (χ1n) is 5.96. The molecule has 0 saturated heterocycles. The van der Waals surface area contributed by atoms with Gasteiger partial charge in [0.25, 0.3) is 0 Å². The molecule has 0 spiro atoms. The van der Waals surface area contributed by atoms with Crippen molar-refractivity contribution in [1.82, 2.24) is 20.4 Å². The van der Waals surface area contributed by atoms with E-state index in [1.165, 1.54) is 0 Å². The maximum absolute atomic E-state index is 11.5. The zero-order valence-electron chi connectivity index (χ0n) is 10.9. The molecule has 1 aromatic rings. The number of carbonyl (C=O) groups excluding carboxylic acids is 1. The lowest BCUT2D eigenvalue weighted by atomic mass is 10.1. The minimum Gasteiger partial charge on any atom is -0.354 e. The largest absolute Gasteiger partial charge is 0.354 e. The predicted molar refractivity (Wildman–Crippen MR) is 67.6 cm³/mol. The van der Waals surface area contributed by atoms with Crippen LogP contribution in [0.15, 0.2) is 18.5 Å². The van der Waals surface area contributed by atoms with Crippen molar-refractivity contribution in [3.63, 3.8) is 0 Å². The second kappa shape index (κ2) is 6.39. The number of nitrogens with zero attached hydrogens (tertiary/aromatic N) is 2. The summed E-state index contributed by atoms with van der Waals surface area (Å²) in [6.07, 6.45) is 4.12. The number of rotatable bonds is 6. The molecule has 0 radical (unpaired) electrons. The summed E-state index contributed by atoms with van der Waals surface area (Å²) in [5, 5.41) is 10.2. The van der Waals surface area contributed by atoms with Crippen molar-refractivity contribution >= 4 is 5.91 Å². The Hall–Kier alpha value is -1.36. The van der Waals surface area contributed by atoms with Crippen molar-refractivity contribution < 1.29 is 4.79 Å². The van der Waals surface area contributed by atoms with Crippen LogP contribution < -0.4 is 10.6 Å². The topological polar surface area (TPSA) is 59.0 Å². The molecule has 17 heavy (non-hydrogen) atoms. The standard InChI is InChI=1S/C12H22N4O/c1-12(2,3)14-7-5-11(17)13-8-10-16-9-4-6-15-16/h4,6,9,14H,5,7-8,10H2,1-3H3,(H,13,17). The smallest absolute Gasteiger partial charge is 0.221 e. The molecule has 1 amide bonds. The van der Waals surface area contributed by atoms with Crippen LogP contribution >= 0.6 is 0 Å². The highest BCUT2D eigenvalue weighted by Crippen LogP contribution is 1.97. The van der Waals surface area contributed by atoms with Crippen molar-refractivity contribution in [1.29, 1.82) is 0 Å². The van der Waals surface area contributed by atoms with E-state index in [1.807, 2.05) is 12.3 Å². The molecule has 0 aliphatic carbocycles. The van der Waals surface area contributed by atoms with Gasteiger partial charge in [-0.2, -0.15) is 5.10 Å². The zero-order chi connectivity index (χ0) is 12.7. The van der Waals surface area contributed by atoms with Crippen LogP contribution in [0, 0.1) is 0 Å². The minimum absolute atomic E-state index is 0.0648. The van der Waals surface area contributed by atoms with E-state index in [-0.39, 0.29) is 11.4 Å². The second-order valence-electron chi connectivity index (χ2n) is 5.05. The van der Waals surface area contributed by atoms with Gasteiger partial charge < -0.3 is 10.6 Å². The van der Waals surface area contributed by atoms with Gasteiger partial charge in [-0.25, -0.2) is 0 Å². The quantitative estimate of drug-likeness (QED) is 0.770. The van der Waals surface area contributed by atoms with E-state index in [0.717, 1.165) is 0 Å². The van der Waals surface area contributed by atoms with E-state index in [2.05, 4.69) is 36.5 Å². The SMILES string of the molecule is CC(C)(C)NCCC(=O)NCCn1cccn1. The first-order chi connectivity index (χ1) is 7.97. The molecule has 0 atom stereocenters. The summed E-state index contributed by atoms with van der Waals surface area (Å²) in [4.78, 5) is 11.5. The molecule has 2 N–H and O–H groups in total. The molecular weight excluding hydrogens is 216 g/mol. The molecule has 0 aliphatic rings. The van der Waals surface area contributed by atoms with Gasteiger partial charge in [-0.15, -0.1) is 0 Å². The monoisotopic (exact) mass is 238 g/mol. The Balaban J connectivity index is 2.05. The number of nitrogens with one attached hydrogen (secondary N) is 2. The Kier molecular flexibility index (Phi) is 5.15. The van der Waals surface area contributed by atoms with E-state index in [1.54, 1.807) is 10.9 Å². The molecule has 0 saturated carbocycles. The zero-order valence-corrected chi connectivity index (χ0v) is 10.9. The molecule has 1 aromatic heterocycles. The third kappa shape index (κ3) is 6.73. The van der Waals surface area contributed by atoms with Crippen LogP contribution in [0.5, 0.6) is 0 Å². The highest BCUT2D eigenvalue weighted by Gasteiger charge is 2.09. The third-order valence-corrected chi connectivity index (χ3v) is 2.23. The Morgan fingerprint density at radius 3 is 2.71 bits per heavy atom. The molecule has 1 heterocycles. The third-order valence-electron chi connectivity index (χ3n) is 2.23. The second-order valence-corrected chi connectivity index (χ2v) is 5.05. The van der Waals surface area contributed by atoms with Gasteiger partial charge in [0.2, 0.25) is 5.91 Å². The maximum Gasteiger partial charge on any atom is 0.221 e. The van der Waals surface area contributed by atoms with E-state index < -0.39 is 0 Å². The summed E-state index contributed by atoms with van der Waals surface area (Å²) in [7, 11) is 0. The molecule has 0 aromatic carbocycles. The Labute approximate surface area is 103 Å². The average Bonchev–Trinajstić information content (AvgIpc) is 2.68. The van der Waals surface area contributed by atoms with Crippen molar-refractivity contribution in [3.8, 4) is 0 Å². The Morgan fingerprint density at radius 1 is 1.35 bits per heavy atom. The molecule has 1 rings (SSSR count). The fraction of sp³-hybridized carbons (Fsp3) is 0.667. The average molecular weight is 238 g/mol. The number of carbonyl (C=O) groups is 1. The summed E-state index contributed by atoms with van der Waals surface area (Å²) >= 11 is 0. The molecule has 0 aliphatic heterocycles. The van der Waals surface area contributed by atoms with Crippen LogP contribution in [0.2, 0.25) is 0 Å². The number of hydrogen-bond acceptors (Lipinski definition) is 3. The van der Waals surface area contributed by atoms with E-state index in [4.69, 9.17) is 0 Å². The maximum atomic E-state index is 11.5. The van der Waals surface area contributed by atoms with Crippen LogP contribution in [0.4, 0.5) is 0 Å². The van der Waals surface area contributed by atoms with Crippen molar-refractivity contribution in [2.45, 2.75) is 39.3 Å². The minimum atomic E-state index is 0.0648. The highest BCUT2D eigenvalue weighted by atomic mass is 16.1. The van der Waals surface area contributed by atoms with Crippen molar-refractivity contribution in [2.75, 3.05) is 13.1 Å². The summed E-state index contributed by atoms with van der Waals surface area (Å²) in [6, 6.07) is 1.87. The lowest BCUT2D eigenvalue weighted by molar-refractivity contribution is -0.121. The number of amides is 1. The molecule has 0 unspecified atom stereocenters. The number of aromatic nitrogens is 2. The van der Waals surface area contributed by atoms with Crippen LogP contribution in [0.1, 0.15) is 27.2 Å². The first-order valence-corrected chi connectivity index (χ1v) is 5.96. The summed E-state index contributed by atoms with van der Waals surface area (Å²) in [5.74, 6) is 0.0777. The fourth-order valence-corrected chi connectivity index (χ4v) is 1.38. The molecule has 5 nitrogen and oxygen atoms in total. The predicted octanol–water partition coefficient (Wildman–Crippen LogP) is 0.777. The Bertz CT molecular complexity index is 327. The van der Waals surface area contributed by atoms with Gasteiger partial charge in [0, 0.05) is 37.4 Å². The van der Waals surface area contributed by atoms with Gasteiger partial charge in [-0.3, -0.25) is 9.48 Å². The molecule has 0 fully saturated rings. The fourth-order valence-electron chi connectivity index (χ4n) is 1.38. The van der Waals surface area contributed by atoms with Crippen molar-refractivity contribution in [3.05, 3.63) is 18.5 Å². The lowest BCUT2D eigenvalue weighted by Crippen LogP contribution is -2.38. The van der Waals surface area contributed by atoms with Crippen LogP contribution in [-0.4, -0.2) is 34.3 Å². The summed E-state index contributed by atoms with van der Waals surface area (Å²) < 4.78 is 1.80. The van der Waals surface area contributed by atoms with Gasteiger partial charge in [-0.1, -0.05) is 0 Å². The number of hydrogen-bond donors (Lipinski definition) is 2. The molecular formula is C12H22N4O. The van der Waals surface area contributed by atoms with E-state index in [0.29, 0.717) is 26.1 Å². The van der Waals surface area contributed by atoms with Gasteiger partial charge >= 0.3 is 0 Å². The van der Waals surface area contributed by atoms with Crippen LogP contribution in [-0.2, 0) is 11.3 Å². The molecule has 0 bridgehead atoms. The highest BCUT2D eigenvalue weighted by molar-refractivity contribution is 5.75. The van der Waals surface area contributed by atoms with Gasteiger partial charge in [0.1, 0.15) is 0 Å². The molecule has 96 valence electrons. The van der Waals surface area contributed by atoms with Crippen LogP contribution in [0.3, 0.4) is 0 Å². The molecule has 5 heteroatoms.